The molecule has 0 amide bonds. The van der Waals surface area contributed by atoms with Crippen LogP contribution >= 0.6 is 0 Å². The molecule has 4 rings (SSSR count). The maximum absolute atomic E-state index is 5.83. The average molecular weight is 268 g/mol. The van der Waals surface area contributed by atoms with Gasteiger partial charge in [0.1, 0.15) is 11.8 Å². The van der Waals surface area contributed by atoms with E-state index in [4.69, 9.17) is 8.83 Å². The maximum Gasteiger partial charge on any atom is 0.196 e. The Kier molecular flexibility index (Phi) is 2.81. The zero-order valence-corrected chi connectivity index (χ0v) is 11.1. The highest BCUT2D eigenvalue weighted by molar-refractivity contribution is 5.92. The Labute approximate surface area is 116 Å². The number of benzene rings is 1. The fourth-order valence-corrected chi connectivity index (χ4v) is 2.39. The van der Waals surface area contributed by atoms with Gasteiger partial charge in [-0.25, -0.2) is 4.98 Å². The molecule has 0 bridgehead atoms. The highest BCUT2D eigenvalue weighted by Gasteiger charge is 2.20. The second-order valence-corrected chi connectivity index (χ2v) is 5.24. The van der Waals surface area contributed by atoms with Crippen LogP contribution in [0.2, 0.25) is 0 Å². The lowest BCUT2D eigenvalue weighted by molar-refractivity contribution is 0.494. The van der Waals surface area contributed by atoms with Gasteiger partial charge in [-0.1, -0.05) is 18.2 Å². The summed E-state index contributed by atoms with van der Waals surface area (Å²) in [5.41, 5.74) is 1.84. The molecule has 4 heteroatoms. The first-order chi connectivity index (χ1) is 9.90. The lowest BCUT2D eigenvalue weighted by Gasteiger charge is -1.98. The lowest BCUT2D eigenvalue weighted by atomic mass is 10.1. The minimum atomic E-state index is 0.724. The quantitative estimate of drug-likeness (QED) is 0.770. The Morgan fingerprint density at radius 2 is 2.15 bits per heavy atom. The summed E-state index contributed by atoms with van der Waals surface area (Å²) in [6, 6.07) is 8.67. The smallest absolute Gasteiger partial charge is 0.196 e. The fraction of sp³-hybridized carbons (Fsp3) is 0.312. The molecule has 0 atom stereocenters. The van der Waals surface area contributed by atoms with Crippen molar-refractivity contribution in [1.82, 2.24) is 10.3 Å². The maximum atomic E-state index is 5.83. The van der Waals surface area contributed by atoms with E-state index >= 15 is 0 Å². The third kappa shape index (κ3) is 2.23. The summed E-state index contributed by atoms with van der Waals surface area (Å²) in [5, 5.41) is 4.52. The molecule has 1 saturated carbocycles. The van der Waals surface area contributed by atoms with Gasteiger partial charge in [0.05, 0.1) is 11.8 Å². The second-order valence-electron chi connectivity index (χ2n) is 5.24. The van der Waals surface area contributed by atoms with E-state index in [0.29, 0.717) is 0 Å². The predicted octanol–water partition coefficient (Wildman–Crippen LogP) is 3.38. The molecule has 4 nitrogen and oxygen atoms in total. The van der Waals surface area contributed by atoms with E-state index in [9.17, 15) is 0 Å². The van der Waals surface area contributed by atoms with Gasteiger partial charge >= 0.3 is 0 Å². The minimum absolute atomic E-state index is 0.724. The van der Waals surface area contributed by atoms with Crippen LogP contribution < -0.4 is 5.32 Å². The van der Waals surface area contributed by atoms with E-state index in [1.54, 1.807) is 12.5 Å². The fourth-order valence-electron chi connectivity index (χ4n) is 2.39. The van der Waals surface area contributed by atoms with E-state index in [1.165, 1.54) is 12.8 Å². The molecule has 1 aliphatic rings. The summed E-state index contributed by atoms with van der Waals surface area (Å²) in [4.78, 5) is 4.35. The number of aromatic nitrogens is 1. The standard InChI is InChI=1S/C16H16N2O2/c1-2-4-14-12(3-1)13(10-19-14)15-9-18-16(20-15)7-8-17-11-5-6-11/h1-4,9-11,17H,5-8H2. The molecule has 1 fully saturated rings. The first-order valence-electron chi connectivity index (χ1n) is 7.05. The molecule has 0 spiro atoms. The number of nitrogens with zero attached hydrogens (tertiary/aromatic N) is 1. The molecular formula is C16H16N2O2. The van der Waals surface area contributed by atoms with Crippen molar-refractivity contribution in [3.8, 4) is 11.3 Å². The zero-order chi connectivity index (χ0) is 13.4. The SMILES string of the molecule is c1ccc2c(-c3cnc(CCNC4CC4)o3)coc2c1. The third-order valence-corrected chi connectivity index (χ3v) is 3.65. The number of nitrogens with one attached hydrogen (secondary N) is 1. The molecule has 1 aromatic carbocycles. The van der Waals surface area contributed by atoms with Gasteiger partial charge in [0.25, 0.3) is 0 Å². The first kappa shape index (κ1) is 11.7. The number of rotatable bonds is 5. The van der Waals surface area contributed by atoms with E-state index < -0.39 is 0 Å². The number of oxazole rings is 1. The van der Waals surface area contributed by atoms with Crippen LogP contribution in [0.3, 0.4) is 0 Å². The molecule has 0 unspecified atom stereocenters. The highest BCUT2D eigenvalue weighted by atomic mass is 16.4. The van der Waals surface area contributed by atoms with Crippen molar-refractivity contribution in [2.24, 2.45) is 0 Å². The number of furan rings is 1. The molecule has 0 saturated heterocycles. The average Bonchev–Trinajstić information content (AvgIpc) is 3.01. The molecule has 2 aromatic heterocycles. The van der Waals surface area contributed by atoms with Crippen LogP contribution in [0.5, 0.6) is 0 Å². The number of hydrogen-bond donors (Lipinski definition) is 1. The van der Waals surface area contributed by atoms with Gasteiger partial charge in [-0.2, -0.15) is 0 Å². The first-order valence-corrected chi connectivity index (χ1v) is 7.05. The summed E-state index contributed by atoms with van der Waals surface area (Å²) >= 11 is 0. The largest absolute Gasteiger partial charge is 0.464 e. The highest BCUT2D eigenvalue weighted by Crippen LogP contribution is 2.30. The molecule has 1 N–H and O–H groups in total. The number of hydrogen-bond acceptors (Lipinski definition) is 4. The minimum Gasteiger partial charge on any atom is -0.464 e. The van der Waals surface area contributed by atoms with E-state index in [-0.39, 0.29) is 0 Å². The summed E-state index contributed by atoms with van der Waals surface area (Å²) in [7, 11) is 0. The number of para-hydroxylation sites is 1. The van der Waals surface area contributed by atoms with Gasteiger partial charge in [-0.05, 0) is 18.9 Å². The van der Waals surface area contributed by atoms with Crippen LogP contribution in [0.15, 0.2) is 45.6 Å². The van der Waals surface area contributed by atoms with E-state index in [2.05, 4.69) is 10.3 Å². The van der Waals surface area contributed by atoms with Crippen molar-refractivity contribution >= 4 is 11.0 Å². The van der Waals surface area contributed by atoms with Crippen LogP contribution in [-0.4, -0.2) is 17.6 Å². The molecule has 102 valence electrons. The Bertz CT molecular complexity index is 725. The van der Waals surface area contributed by atoms with Gasteiger partial charge in [-0.15, -0.1) is 0 Å². The van der Waals surface area contributed by atoms with Crippen molar-refractivity contribution in [3.05, 3.63) is 42.6 Å². The van der Waals surface area contributed by atoms with Crippen molar-refractivity contribution in [1.29, 1.82) is 0 Å². The van der Waals surface area contributed by atoms with E-state index in [0.717, 1.165) is 47.2 Å². The second kappa shape index (κ2) is 4.80. The summed E-state index contributed by atoms with van der Waals surface area (Å²) in [5.74, 6) is 1.55. The van der Waals surface area contributed by atoms with Gasteiger partial charge in [0.15, 0.2) is 11.7 Å². The van der Waals surface area contributed by atoms with Crippen molar-refractivity contribution in [2.45, 2.75) is 25.3 Å². The Morgan fingerprint density at radius 1 is 1.25 bits per heavy atom. The summed E-state index contributed by atoms with van der Waals surface area (Å²) in [6.07, 6.45) is 6.95. The predicted molar refractivity (Wildman–Crippen MR) is 76.4 cm³/mol. The van der Waals surface area contributed by atoms with E-state index in [1.807, 2.05) is 24.3 Å². The van der Waals surface area contributed by atoms with Gasteiger partial charge < -0.3 is 14.2 Å². The van der Waals surface area contributed by atoms with Gasteiger partial charge in [0.2, 0.25) is 0 Å². The third-order valence-electron chi connectivity index (χ3n) is 3.65. The molecule has 0 aliphatic heterocycles. The molecule has 0 radical (unpaired) electrons. The Morgan fingerprint density at radius 3 is 3.05 bits per heavy atom. The zero-order valence-electron chi connectivity index (χ0n) is 11.1. The van der Waals surface area contributed by atoms with Crippen LogP contribution in [0.25, 0.3) is 22.3 Å². The van der Waals surface area contributed by atoms with Crippen LogP contribution in [0, 0.1) is 0 Å². The normalized spacial score (nSPS) is 15.0. The van der Waals surface area contributed by atoms with Crippen LogP contribution in [0.1, 0.15) is 18.7 Å². The molecular weight excluding hydrogens is 252 g/mol. The molecule has 1 aliphatic carbocycles. The topological polar surface area (TPSA) is 51.2 Å². The number of fused-ring (bicyclic) bond motifs is 1. The van der Waals surface area contributed by atoms with Gasteiger partial charge in [0, 0.05) is 24.4 Å². The monoisotopic (exact) mass is 268 g/mol. The molecule has 2 heterocycles. The summed E-state index contributed by atoms with van der Waals surface area (Å²) < 4.78 is 11.4. The molecule has 3 aromatic rings. The van der Waals surface area contributed by atoms with Crippen LogP contribution in [-0.2, 0) is 6.42 Å². The molecule has 20 heavy (non-hydrogen) atoms. The lowest BCUT2D eigenvalue weighted by Crippen LogP contribution is -2.19. The Balaban J connectivity index is 1.54. The van der Waals surface area contributed by atoms with Crippen molar-refractivity contribution < 1.29 is 8.83 Å². The van der Waals surface area contributed by atoms with Crippen molar-refractivity contribution in [2.75, 3.05) is 6.54 Å². The van der Waals surface area contributed by atoms with Crippen molar-refractivity contribution in [3.63, 3.8) is 0 Å². The van der Waals surface area contributed by atoms with Crippen LogP contribution in [0.4, 0.5) is 0 Å². The summed E-state index contributed by atoms with van der Waals surface area (Å²) in [6.45, 7) is 0.927. The van der Waals surface area contributed by atoms with Gasteiger partial charge in [-0.3, -0.25) is 0 Å². The Hall–Kier alpha value is -2.07.